The molecule has 4 N–H and O–H groups in total. The fourth-order valence-corrected chi connectivity index (χ4v) is 13.7. The van der Waals surface area contributed by atoms with Gasteiger partial charge in [0, 0.05) is 97.3 Å². The highest BCUT2D eigenvalue weighted by Gasteiger charge is 2.33. The Morgan fingerprint density at radius 2 is 1.38 bits per heavy atom. The van der Waals surface area contributed by atoms with E-state index in [1.807, 2.05) is 42.5 Å². The second kappa shape index (κ2) is 24.8. The number of ether oxygens (including phenoxy) is 4. The van der Waals surface area contributed by atoms with Crippen LogP contribution in [0.5, 0.6) is 11.5 Å². The Morgan fingerprint density at radius 3 is 2.11 bits per heavy atom. The third kappa shape index (κ3) is 13.0. The Labute approximate surface area is 490 Å². The summed E-state index contributed by atoms with van der Waals surface area (Å²) in [5.74, 6) is 1.28. The number of rotatable bonds is 17. The monoisotopic (exact) mass is 1180 g/mol. The summed E-state index contributed by atoms with van der Waals surface area (Å²) in [7, 11) is -2.58. The van der Waals surface area contributed by atoms with Crippen LogP contribution in [0.1, 0.15) is 51.5 Å². The van der Waals surface area contributed by atoms with Crippen LogP contribution < -0.4 is 31.7 Å². The van der Waals surface area contributed by atoms with Gasteiger partial charge in [-0.25, -0.2) is 9.97 Å². The molecule has 20 nitrogen and oxygen atoms in total. The number of benzene rings is 4. The van der Waals surface area contributed by atoms with Crippen LogP contribution in [0, 0.1) is 0 Å². The summed E-state index contributed by atoms with van der Waals surface area (Å²) >= 11 is 0. The number of β-amino-alcohol motifs (C(OH)–C–C–N with tert-alkyl or cyclic N) is 1. The second-order valence-corrected chi connectivity index (χ2v) is 37.2. The van der Waals surface area contributed by atoms with Crippen LogP contribution in [0.3, 0.4) is 0 Å². The number of piperidine rings is 1. The Hall–Kier alpha value is -6.51. The van der Waals surface area contributed by atoms with Gasteiger partial charge in [-0.15, -0.1) is 0 Å². The van der Waals surface area contributed by atoms with Crippen LogP contribution in [-0.2, 0) is 35.8 Å². The van der Waals surface area contributed by atoms with Gasteiger partial charge in [-0.2, -0.15) is 0 Å². The van der Waals surface area contributed by atoms with Gasteiger partial charge >= 0.3 is 0 Å². The van der Waals surface area contributed by atoms with Gasteiger partial charge in [-0.1, -0.05) is 82.1 Å². The fraction of sp³-hybridized carbons (Fsp3) is 0.516. The Balaban J connectivity index is 0.000000180. The van der Waals surface area contributed by atoms with Crippen LogP contribution in [0.25, 0.3) is 66.4 Å². The van der Waals surface area contributed by atoms with E-state index in [1.54, 1.807) is 32.1 Å². The molecule has 4 aliphatic rings. The van der Waals surface area contributed by atoms with Crippen molar-refractivity contribution in [1.82, 2.24) is 53.8 Å². The maximum absolute atomic E-state index is 14.2. The number of aliphatic hydroxyl groups is 1. The summed E-state index contributed by atoms with van der Waals surface area (Å²) in [4.78, 5) is 74.1. The molecule has 3 fully saturated rings. The molecule has 3 saturated heterocycles. The minimum Gasteiger partial charge on any atom is -0.486 e. The third-order valence-electron chi connectivity index (χ3n) is 17.1. The SMILES string of the molecule is C[C@@H]1CC2CN1CCn1[nH]c3c(cccc3c1=O)-c1nc3c(c(CN4CCCCC4)ccc3[nH]c1=O)O2.C[C@@H]1C[C@@H](O)CN1CCn1[nH]c2c(-c3nc4c(OCOCC[Si](C)(C)C)cccc4n(COCC[Si](C)(C)C)c3=O)cccc2c1=O. The van der Waals surface area contributed by atoms with E-state index >= 15 is 0 Å². The van der Waals surface area contributed by atoms with Gasteiger partial charge in [0.1, 0.15) is 41.0 Å². The molecule has 2 unspecified atom stereocenters. The standard InChI is InChI=1S/C34H51N5O6Si2.C28H32N6O3/c1-24-20-25(40)21-37(24)14-15-39-33(41)27-11-8-10-26(30(27)36-39)31-34(42)38(22-43-16-18-46(2,3)4)28-12-9-13-29(32(28)35-31)45-23-44-17-19-47(5,6)7;1-17-14-19-16-33(17)12-13-34-28(36)21-7-5-6-20(23(21)31-34)24-27(35)29-22-9-8-18(26(37-19)25(22)30-24)15-32-10-3-2-4-11-32/h8-13,24-25,36,40H,14-23H2,1-7H3;5-9,17,19,31H,2-4,10-16H2,1H3,(H,29,35)/t24-,25-;17-,19?/m11/s1. The normalized spacial score (nSPS) is 20.5. The zero-order valence-corrected chi connectivity index (χ0v) is 52.1. The molecule has 0 saturated carbocycles. The smallest absolute Gasteiger partial charge is 0.279 e. The van der Waals surface area contributed by atoms with E-state index in [9.17, 15) is 24.3 Å². The lowest BCUT2D eigenvalue weighted by Gasteiger charge is -2.28. The molecule has 4 aromatic carbocycles. The number of H-pyrrole nitrogens is 3. The number of aromatic nitrogens is 8. The van der Waals surface area contributed by atoms with Crippen LogP contribution in [0.4, 0.5) is 0 Å². The van der Waals surface area contributed by atoms with Crippen molar-refractivity contribution in [2.75, 3.05) is 59.3 Å². The van der Waals surface area contributed by atoms with Crippen molar-refractivity contribution >= 4 is 60.0 Å². The van der Waals surface area contributed by atoms with Gasteiger partial charge in [0.2, 0.25) is 0 Å². The molecular weight excluding hydrogens is 1100 g/mol. The highest BCUT2D eigenvalue weighted by Crippen LogP contribution is 2.35. The van der Waals surface area contributed by atoms with E-state index in [0.717, 1.165) is 69.0 Å². The lowest BCUT2D eigenvalue weighted by molar-refractivity contribution is 0.0228. The molecule has 4 aromatic heterocycles. The maximum Gasteiger partial charge on any atom is 0.279 e. The van der Waals surface area contributed by atoms with E-state index in [1.165, 1.54) is 19.3 Å². The van der Waals surface area contributed by atoms with Gasteiger partial charge in [-0.3, -0.25) is 58.0 Å². The number of fused-ring (bicyclic) bond motifs is 7. The van der Waals surface area contributed by atoms with E-state index in [4.69, 9.17) is 28.9 Å². The zero-order valence-electron chi connectivity index (χ0n) is 50.1. The van der Waals surface area contributed by atoms with Crippen molar-refractivity contribution in [2.24, 2.45) is 0 Å². The first-order valence-corrected chi connectivity index (χ1v) is 37.5. The molecule has 12 rings (SSSR count). The third-order valence-corrected chi connectivity index (χ3v) is 20.5. The predicted octanol–water partition coefficient (Wildman–Crippen LogP) is 8.24. The first-order chi connectivity index (χ1) is 40.3. The Morgan fingerprint density at radius 1 is 0.690 bits per heavy atom. The molecule has 0 spiro atoms. The first-order valence-electron chi connectivity index (χ1n) is 30.1. The summed E-state index contributed by atoms with van der Waals surface area (Å²) in [6.07, 6.45) is 5.02. The quantitative estimate of drug-likeness (QED) is 0.0383. The summed E-state index contributed by atoms with van der Waals surface area (Å²) in [5, 5.41) is 17.7. The summed E-state index contributed by atoms with van der Waals surface area (Å²) in [6.45, 7) is 26.1. The molecule has 5 atom stereocenters. The molecule has 8 aromatic rings. The molecule has 0 amide bonds. The number of hydrogen-bond donors (Lipinski definition) is 4. The van der Waals surface area contributed by atoms with E-state index < -0.39 is 16.1 Å². The number of likely N-dealkylation sites (tertiary alicyclic amines) is 2. The molecule has 4 aliphatic heterocycles. The molecule has 8 heterocycles. The fourth-order valence-electron chi connectivity index (χ4n) is 12.2. The van der Waals surface area contributed by atoms with E-state index in [2.05, 4.69) is 89.1 Å². The van der Waals surface area contributed by atoms with E-state index in [-0.39, 0.29) is 59.7 Å². The van der Waals surface area contributed by atoms with Gasteiger partial charge in [0.15, 0.2) is 12.5 Å². The minimum atomic E-state index is -1.33. The van der Waals surface area contributed by atoms with Crippen molar-refractivity contribution < 1.29 is 24.1 Å². The van der Waals surface area contributed by atoms with Crippen LogP contribution in [0.2, 0.25) is 51.4 Å². The number of nitrogens with zero attached hydrogens (tertiary/aromatic N) is 8. The predicted molar refractivity (Wildman–Crippen MR) is 336 cm³/mol. The lowest BCUT2D eigenvalue weighted by atomic mass is 10.1. The molecule has 84 heavy (non-hydrogen) atoms. The zero-order chi connectivity index (χ0) is 59.0. The van der Waals surface area contributed by atoms with E-state index in [0.29, 0.717) is 112 Å². The van der Waals surface area contributed by atoms with Gasteiger partial charge in [0.25, 0.3) is 22.2 Å². The molecule has 22 heteroatoms. The molecule has 448 valence electrons. The van der Waals surface area contributed by atoms with Crippen LogP contribution in [0.15, 0.2) is 85.9 Å². The van der Waals surface area contributed by atoms with Crippen molar-refractivity contribution in [2.45, 2.75) is 148 Å². The average molecular weight is 1180 g/mol. The van der Waals surface area contributed by atoms with Gasteiger partial charge in [0.05, 0.1) is 52.0 Å². The molecular formula is C62H83N11O9Si2. The highest BCUT2D eigenvalue weighted by atomic mass is 28.3. The molecule has 0 radical (unpaired) electrons. The highest BCUT2D eigenvalue weighted by molar-refractivity contribution is 6.76. The number of hydrogen-bond acceptors (Lipinski definition) is 14. The summed E-state index contributed by atoms with van der Waals surface area (Å²) in [5.41, 5.74) is 5.59. The topological polar surface area (TPSA) is 223 Å². The van der Waals surface area contributed by atoms with Gasteiger partial charge < -0.3 is 29.0 Å². The number of aliphatic hydroxyl groups excluding tert-OH is 1. The Bertz CT molecular complexity index is 3920. The van der Waals surface area contributed by atoms with Crippen molar-refractivity contribution in [3.8, 4) is 34.0 Å². The van der Waals surface area contributed by atoms with Crippen molar-refractivity contribution in [3.63, 3.8) is 0 Å². The van der Waals surface area contributed by atoms with Gasteiger partial charge in [-0.05, 0) is 88.6 Å². The van der Waals surface area contributed by atoms with Crippen LogP contribution >= 0.6 is 0 Å². The van der Waals surface area contributed by atoms with Crippen molar-refractivity contribution in [3.05, 3.63) is 114 Å². The molecule has 6 bridgehead atoms. The maximum atomic E-state index is 14.2. The minimum absolute atomic E-state index is 0.0136. The van der Waals surface area contributed by atoms with Crippen molar-refractivity contribution in [1.29, 1.82) is 0 Å². The lowest BCUT2D eigenvalue weighted by Crippen LogP contribution is -2.34. The number of nitrogens with one attached hydrogen (secondary N) is 3. The van der Waals surface area contributed by atoms with Crippen LogP contribution in [-0.4, -0.2) is 159 Å². The molecule has 0 aliphatic carbocycles. The number of para-hydroxylation sites is 3. The largest absolute Gasteiger partial charge is 0.486 e. The number of aromatic amines is 3. The summed E-state index contributed by atoms with van der Waals surface area (Å²) < 4.78 is 29.6. The average Bonchev–Trinajstić information content (AvgIpc) is 2.24. The second-order valence-electron chi connectivity index (χ2n) is 26.0. The first kappa shape index (κ1) is 59.2. The summed E-state index contributed by atoms with van der Waals surface area (Å²) in [6, 6.07) is 23.0. The Kier molecular flexibility index (Phi) is 17.5.